The Hall–Kier alpha value is -1.39. The molecule has 5 heteroatoms. The number of ether oxygens (including phenoxy) is 1. The molecule has 1 aliphatic rings. The SMILES string of the molecule is CCOC(=O)CCCCCN1C(=O)CCCC1=O. The van der Waals surface area contributed by atoms with Crippen LogP contribution in [0.25, 0.3) is 0 Å². The minimum Gasteiger partial charge on any atom is -0.466 e. The Morgan fingerprint density at radius 2 is 1.83 bits per heavy atom. The van der Waals surface area contributed by atoms with Crippen LogP contribution < -0.4 is 0 Å². The second-order valence-corrected chi connectivity index (χ2v) is 4.41. The van der Waals surface area contributed by atoms with E-state index in [4.69, 9.17) is 4.74 Å². The first kappa shape index (κ1) is 14.7. The Morgan fingerprint density at radius 1 is 1.17 bits per heavy atom. The van der Waals surface area contributed by atoms with Crippen molar-refractivity contribution in [1.82, 2.24) is 4.90 Å². The molecule has 18 heavy (non-hydrogen) atoms. The third-order valence-corrected chi connectivity index (χ3v) is 2.95. The van der Waals surface area contributed by atoms with Crippen molar-refractivity contribution in [2.45, 2.75) is 51.9 Å². The van der Waals surface area contributed by atoms with E-state index in [1.165, 1.54) is 4.90 Å². The molecule has 0 unspecified atom stereocenters. The molecular weight excluding hydrogens is 234 g/mol. The van der Waals surface area contributed by atoms with Crippen molar-refractivity contribution in [3.05, 3.63) is 0 Å². The van der Waals surface area contributed by atoms with Gasteiger partial charge in [0.05, 0.1) is 6.61 Å². The van der Waals surface area contributed by atoms with Gasteiger partial charge in [-0.25, -0.2) is 0 Å². The molecule has 1 fully saturated rings. The molecule has 1 heterocycles. The van der Waals surface area contributed by atoms with Crippen LogP contribution in [-0.4, -0.2) is 35.8 Å². The Bertz CT molecular complexity index is 298. The number of hydrogen-bond donors (Lipinski definition) is 0. The summed E-state index contributed by atoms with van der Waals surface area (Å²) in [6, 6.07) is 0. The van der Waals surface area contributed by atoms with Crippen LogP contribution in [0.5, 0.6) is 0 Å². The van der Waals surface area contributed by atoms with E-state index in [9.17, 15) is 14.4 Å². The number of likely N-dealkylation sites (tertiary alicyclic amines) is 1. The summed E-state index contributed by atoms with van der Waals surface area (Å²) in [4.78, 5) is 35.4. The van der Waals surface area contributed by atoms with Crippen molar-refractivity contribution in [1.29, 1.82) is 0 Å². The summed E-state index contributed by atoms with van der Waals surface area (Å²) in [6.45, 7) is 2.68. The maximum absolute atomic E-state index is 11.5. The van der Waals surface area contributed by atoms with Gasteiger partial charge in [-0.3, -0.25) is 19.3 Å². The monoisotopic (exact) mass is 255 g/mol. The number of carbonyl (C=O) groups excluding carboxylic acids is 3. The first-order valence-corrected chi connectivity index (χ1v) is 6.64. The van der Waals surface area contributed by atoms with Gasteiger partial charge in [0.15, 0.2) is 0 Å². The summed E-state index contributed by atoms with van der Waals surface area (Å²) >= 11 is 0. The van der Waals surface area contributed by atoms with E-state index in [1.54, 1.807) is 6.92 Å². The Morgan fingerprint density at radius 3 is 2.44 bits per heavy atom. The van der Waals surface area contributed by atoms with Crippen LogP contribution in [-0.2, 0) is 19.1 Å². The van der Waals surface area contributed by atoms with Gasteiger partial charge >= 0.3 is 5.97 Å². The highest BCUT2D eigenvalue weighted by Crippen LogP contribution is 2.13. The maximum Gasteiger partial charge on any atom is 0.305 e. The predicted octanol–water partition coefficient (Wildman–Crippen LogP) is 1.65. The molecular formula is C13H21NO4. The van der Waals surface area contributed by atoms with Crippen LogP contribution in [0.2, 0.25) is 0 Å². The lowest BCUT2D eigenvalue weighted by Gasteiger charge is -2.24. The van der Waals surface area contributed by atoms with Gasteiger partial charge in [0.2, 0.25) is 11.8 Å². The number of esters is 1. The summed E-state index contributed by atoms with van der Waals surface area (Å²) in [7, 11) is 0. The standard InChI is InChI=1S/C13H21NO4/c1-2-18-13(17)9-4-3-5-10-14-11(15)7-6-8-12(14)16/h2-10H2,1H3. The van der Waals surface area contributed by atoms with Gasteiger partial charge in [0.25, 0.3) is 0 Å². The fourth-order valence-electron chi connectivity index (χ4n) is 2.00. The van der Waals surface area contributed by atoms with Crippen LogP contribution in [0, 0.1) is 0 Å². The summed E-state index contributed by atoms with van der Waals surface area (Å²) < 4.78 is 4.81. The Kier molecular flexibility index (Phi) is 6.39. The topological polar surface area (TPSA) is 63.7 Å². The average molecular weight is 255 g/mol. The van der Waals surface area contributed by atoms with Gasteiger partial charge in [0, 0.05) is 25.8 Å². The van der Waals surface area contributed by atoms with Gasteiger partial charge < -0.3 is 4.74 Å². The van der Waals surface area contributed by atoms with Crippen LogP contribution in [0.15, 0.2) is 0 Å². The molecule has 0 bridgehead atoms. The second-order valence-electron chi connectivity index (χ2n) is 4.41. The summed E-state index contributed by atoms with van der Waals surface area (Å²) in [5.74, 6) is -0.295. The van der Waals surface area contributed by atoms with E-state index in [1.807, 2.05) is 0 Å². The van der Waals surface area contributed by atoms with Crippen molar-refractivity contribution in [3.8, 4) is 0 Å². The number of piperidine rings is 1. The van der Waals surface area contributed by atoms with Crippen molar-refractivity contribution in [2.75, 3.05) is 13.2 Å². The molecule has 0 aromatic heterocycles. The number of carbonyl (C=O) groups is 3. The number of rotatable bonds is 7. The molecule has 0 aromatic rings. The van der Waals surface area contributed by atoms with Crippen molar-refractivity contribution >= 4 is 17.8 Å². The molecule has 0 aromatic carbocycles. The van der Waals surface area contributed by atoms with Gasteiger partial charge in [-0.05, 0) is 26.2 Å². The molecule has 1 rings (SSSR count). The lowest BCUT2D eigenvalue weighted by atomic mass is 10.1. The predicted molar refractivity (Wildman–Crippen MR) is 65.7 cm³/mol. The fraction of sp³-hybridized carbons (Fsp3) is 0.769. The Balaban J connectivity index is 2.11. The first-order chi connectivity index (χ1) is 8.65. The van der Waals surface area contributed by atoms with Gasteiger partial charge in [0.1, 0.15) is 0 Å². The minimum absolute atomic E-state index is 0.0587. The number of amides is 2. The number of hydrogen-bond acceptors (Lipinski definition) is 4. The van der Waals surface area contributed by atoms with Crippen molar-refractivity contribution in [3.63, 3.8) is 0 Å². The largest absolute Gasteiger partial charge is 0.466 e. The molecule has 1 aliphatic heterocycles. The maximum atomic E-state index is 11.5. The molecule has 0 atom stereocenters. The lowest BCUT2D eigenvalue weighted by molar-refractivity contribution is -0.148. The third kappa shape index (κ3) is 4.85. The zero-order chi connectivity index (χ0) is 13.4. The summed E-state index contributed by atoms with van der Waals surface area (Å²) in [6.07, 6.45) is 4.39. The van der Waals surface area contributed by atoms with Crippen LogP contribution in [0.1, 0.15) is 51.9 Å². The molecule has 0 saturated carbocycles. The second kappa shape index (κ2) is 7.84. The van der Waals surface area contributed by atoms with Crippen molar-refractivity contribution in [2.24, 2.45) is 0 Å². The fourth-order valence-corrected chi connectivity index (χ4v) is 2.00. The molecule has 0 N–H and O–H groups in total. The molecule has 2 amide bonds. The zero-order valence-corrected chi connectivity index (χ0v) is 10.9. The normalized spacial score (nSPS) is 15.9. The molecule has 0 spiro atoms. The smallest absolute Gasteiger partial charge is 0.305 e. The first-order valence-electron chi connectivity index (χ1n) is 6.64. The highest BCUT2D eigenvalue weighted by atomic mass is 16.5. The van der Waals surface area contributed by atoms with Gasteiger partial charge in [-0.1, -0.05) is 6.42 Å². The highest BCUT2D eigenvalue weighted by molar-refractivity contribution is 5.97. The van der Waals surface area contributed by atoms with Crippen LogP contribution in [0.3, 0.4) is 0 Å². The van der Waals surface area contributed by atoms with Crippen LogP contribution in [0.4, 0.5) is 0 Å². The Labute approximate surface area is 107 Å². The molecule has 0 aliphatic carbocycles. The van der Waals surface area contributed by atoms with Crippen molar-refractivity contribution < 1.29 is 19.1 Å². The number of nitrogens with zero attached hydrogens (tertiary/aromatic N) is 1. The zero-order valence-electron chi connectivity index (χ0n) is 10.9. The summed E-state index contributed by atoms with van der Waals surface area (Å²) in [5.41, 5.74) is 0. The van der Waals surface area contributed by atoms with E-state index in [0.717, 1.165) is 19.3 Å². The summed E-state index contributed by atoms with van der Waals surface area (Å²) in [5, 5.41) is 0. The number of unbranched alkanes of at least 4 members (excludes halogenated alkanes) is 2. The van der Waals surface area contributed by atoms with E-state index >= 15 is 0 Å². The van der Waals surface area contributed by atoms with Crippen LogP contribution >= 0.6 is 0 Å². The minimum atomic E-state index is -0.178. The lowest BCUT2D eigenvalue weighted by Crippen LogP contribution is -2.40. The molecule has 102 valence electrons. The highest BCUT2D eigenvalue weighted by Gasteiger charge is 2.24. The molecule has 5 nitrogen and oxygen atoms in total. The van der Waals surface area contributed by atoms with E-state index < -0.39 is 0 Å². The van der Waals surface area contributed by atoms with Gasteiger partial charge in [-0.2, -0.15) is 0 Å². The quantitative estimate of drug-likeness (QED) is 0.394. The van der Waals surface area contributed by atoms with E-state index in [-0.39, 0.29) is 17.8 Å². The van der Waals surface area contributed by atoms with E-state index in [0.29, 0.717) is 38.8 Å². The number of imide groups is 1. The van der Waals surface area contributed by atoms with E-state index in [2.05, 4.69) is 0 Å². The molecule has 0 radical (unpaired) electrons. The molecule has 1 saturated heterocycles. The average Bonchev–Trinajstić information content (AvgIpc) is 2.32. The van der Waals surface area contributed by atoms with Gasteiger partial charge in [-0.15, -0.1) is 0 Å². The third-order valence-electron chi connectivity index (χ3n) is 2.95.